The Kier molecular flexibility index (Phi) is 1.63. The maximum atomic E-state index is 4.68. The van der Waals surface area contributed by atoms with Crippen LogP contribution >= 0.6 is 0 Å². The van der Waals surface area contributed by atoms with Crippen LogP contribution in [0.25, 0.3) is 0 Å². The minimum absolute atomic E-state index is 0.572. The van der Waals surface area contributed by atoms with Gasteiger partial charge in [-0.15, -0.1) is 6.58 Å². The van der Waals surface area contributed by atoms with Crippen molar-refractivity contribution >= 4 is 0 Å². The van der Waals surface area contributed by atoms with Crippen molar-refractivity contribution in [3.05, 3.63) is 30.8 Å². The van der Waals surface area contributed by atoms with Crippen molar-refractivity contribution in [1.29, 1.82) is 0 Å². The molecule has 1 heterocycles. The van der Waals surface area contributed by atoms with Gasteiger partial charge in [0.1, 0.15) is 0 Å². The summed E-state index contributed by atoms with van der Waals surface area (Å²) in [5.41, 5.74) is 0. The minimum Gasteiger partial charge on any atom is -0.340 e. The van der Waals surface area contributed by atoms with E-state index in [4.69, 9.17) is 0 Å². The Balaban J connectivity index is 2.72. The van der Waals surface area contributed by atoms with Gasteiger partial charge < -0.3 is 4.52 Å². The van der Waals surface area contributed by atoms with E-state index in [0.717, 1.165) is 0 Å². The molecule has 1 radical (unpaired) electrons. The van der Waals surface area contributed by atoms with Crippen molar-refractivity contribution in [2.24, 2.45) is 0 Å². The number of aryl methyl sites for hydroxylation is 1. The minimum atomic E-state index is 0.572. The zero-order valence-electron chi connectivity index (χ0n) is 5.16. The van der Waals surface area contributed by atoms with Gasteiger partial charge >= 0.3 is 0 Å². The summed E-state index contributed by atoms with van der Waals surface area (Å²) in [6.07, 6.45) is 3.29. The zero-order chi connectivity index (χ0) is 6.69. The highest BCUT2D eigenvalue weighted by atomic mass is 16.5. The summed E-state index contributed by atoms with van der Waals surface area (Å²) in [4.78, 5) is 3.90. The molecule has 1 aromatic rings. The van der Waals surface area contributed by atoms with Gasteiger partial charge in [0.15, 0.2) is 5.82 Å². The van der Waals surface area contributed by atoms with Crippen molar-refractivity contribution in [3.8, 4) is 0 Å². The molecule has 9 heavy (non-hydrogen) atoms. The summed E-state index contributed by atoms with van der Waals surface area (Å²) in [6.45, 7) is 5.23. The molecule has 0 amide bonds. The first-order chi connectivity index (χ1) is 4.33. The topological polar surface area (TPSA) is 38.9 Å². The van der Waals surface area contributed by atoms with E-state index in [1.807, 2.05) is 0 Å². The molecular weight excluding hydrogens is 116 g/mol. The van der Waals surface area contributed by atoms with Crippen LogP contribution in [0.5, 0.6) is 0 Å². The first-order valence-corrected chi connectivity index (χ1v) is 2.59. The van der Waals surface area contributed by atoms with Gasteiger partial charge in [-0.3, -0.25) is 0 Å². The van der Waals surface area contributed by atoms with E-state index in [9.17, 15) is 0 Å². The smallest absolute Gasteiger partial charge is 0.223 e. The lowest BCUT2D eigenvalue weighted by atomic mass is 10.4. The molecule has 0 saturated heterocycles. The van der Waals surface area contributed by atoms with Gasteiger partial charge in [-0.25, -0.2) is 0 Å². The lowest BCUT2D eigenvalue weighted by Gasteiger charge is -1.75. The first-order valence-electron chi connectivity index (χ1n) is 2.59. The van der Waals surface area contributed by atoms with Crippen LogP contribution < -0.4 is 0 Å². The molecule has 0 aromatic carbocycles. The lowest BCUT2D eigenvalue weighted by molar-refractivity contribution is 0.390. The third kappa shape index (κ3) is 1.38. The molecule has 0 aliphatic carbocycles. The second kappa shape index (κ2) is 2.44. The first kappa shape index (κ1) is 6.01. The molecule has 0 unspecified atom stereocenters. The van der Waals surface area contributed by atoms with Crippen molar-refractivity contribution in [2.75, 3.05) is 0 Å². The van der Waals surface area contributed by atoms with Gasteiger partial charge in [0, 0.05) is 6.92 Å². The molecule has 0 aliphatic heterocycles. The average molecular weight is 123 g/mol. The van der Waals surface area contributed by atoms with Gasteiger partial charge in [0.2, 0.25) is 5.89 Å². The van der Waals surface area contributed by atoms with Gasteiger partial charge in [0.05, 0.1) is 6.42 Å². The highest BCUT2D eigenvalue weighted by molar-refractivity contribution is 5.08. The van der Waals surface area contributed by atoms with Crippen molar-refractivity contribution in [3.63, 3.8) is 0 Å². The Hall–Kier alpha value is -1.12. The van der Waals surface area contributed by atoms with E-state index < -0.39 is 0 Å². The van der Waals surface area contributed by atoms with Gasteiger partial charge in [-0.05, 0) is 0 Å². The Bertz CT molecular complexity index is 205. The van der Waals surface area contributed by atoms with Crippen LogP contribution in [-0.4, -0.2) is 10.1 Å². The fourth-order valence-corrected chi connectivity index (χ4v) is 0.488. The van der Waals surface area contributed by atoms with E-state index in [-0.39, 0.29) is 0 Å². The van der Waals surface area contributed by atoms with Crippen LogP contribution in [0.1, 0.15) is 11.7 Å². The third-order valence-electron chi connectivity index (χ3n) is 0.810. The van der Waals surface area contributed by atoms with Crippen LogP contribution in [-0.2, 0) is 0 Å². The van der Waals surface area contributed by atoms with Gasteiger partial charge in [0.25, 0.3) is 0 Å². The fraction of sp³-hybridized carbons (Fsp3) is 0.167. The molecule has 0 N–H and O–H groups in total. The van der Waals surface area contributed by atoms with E-state index in [1.165, 1.54) is 0 Å². The molecule has 47 valence electrons. The molecule has 0 aliphatic rings. The quantitative estimate of drug-likeness (QED) is 0.591. The van der Waals surface area contributed by atoms with E-state index in [1.54, 1.807) is 19.4 Å². The second-order valence-electron chi connectivity index (χ2n) is 1.57. The lowest BCUT2D eigenvalue weighted by Crippen LogP contribution is -1.79. The number of rotatable bonds is 2. The molecule has 0 saturated carbocycles. The van der Waals surface area contributed by atoms with Crippen LogP contribution in [0.3, 0.4) is 0 Å². The SMILES string of the molecule is C=C[CH]c1noc(C)n1. The average Bonchev–Trinajstić information content (AvgIpc) is 2.17. The summed E-state index contributed by atoms with van der Waals surface area (Å²) in [7, 11) is 0. The Labute approximate surface area is 53.4 Å². The van der Waals surface area contributed by atoms with Crippen molar-refractivity contribution in [1.82, 2.24) is 10.1 Å². The standard InChI is InChI=1S/C6H7N2O/c1-3-4-6-7-5(2)9-8-6/h3-4H,1H2,2H3. The summed E-state index contributed by atoms with van der Waals surface area (Å²) < 4.78 is 4.68. The summed E-state index contributed by atoms with van der Waals surface area (Å²) in [5.74, 6) is 1.14. The number of hydrogen-bond donors (Lipinski definition) is 0. The molecule has 3 heteroatoms. The normalized spacial score (nSPS) is 9.44. The van der Waals surface area contributed by atoms with Crippen LogP contribution in [0.4, 0.5) is 0 Å². The molecule has 1 rings (SSSR count). The second-order valence-corrected chi connectivity index (χ2v) is 1.57. The molecular formula is C6H7N2O. The zero-order valence-corrected chi connectivity index (χ0v) is 5.16. The molecule has 0 atom stereocenters. The molecule has 0 fully saturated rings. The number of hydrogen-bond acceptors (Lipinski definition) is 3. The highest BCUT2D eigenvalue weighted by Crippen LogP contribution is 1.96. The maximum Gasteiger partial charge on any atom is 0.223 e. The number of allylic oxidation sites excluding steroid dienone is 1. The number of aromatic nitrogens is 2. The van der Waals surface area contributed by atoms with Crippen molar-refractivity contribution < 1.29 is 4.52 Å². The number of nitrogens with zero attached hydrogens (tertiary/aromatic N) is 2. The third-order valence-corrected chi connectivity index (χ3v) is 0.810. The maximum absolute atomic E-state index is 4.68. The summed E-state index contributed by atoms with van der Waals surface area (Å²) in [5, 5.41) is 3.59. The van der Waals surface area contributed by atoms with Crippen molar-refractivity contribution in [2.45, 2.75) is 6.92 Å². The molecule has 3 nitrogen and oxygen atoms in total. The molecule has 0 spiro atoms. The molecule has 0 bridgehead atoms. The predicted molar refractivity (Wildman–Crippen MR) is 32.6 cm³/mol. The van der Waals surface area contributed by atoms with E-state index in [2.05, 4.69) is 21.2 Å². The Morgan fingerprint density at radius 2 is 2.44 bits per heavy atom. The molecule has 1 aromatic heterocycles. The highest BCUT2D eigenvalue weighted by Gasteiger charge is 1.96. The van der Waals surface area contributed by atoms with Crippen LogP contribution in [0.2, 0.25) is 0 Å². The van der Waals surface area contributed by atoms with E-state index >= 15 is 0 Å². The van der Waals surface area contributed by atoms with Gasteiger partial charge in [-0.1, -0.05) is 11.2 Å². The van der Waals surface area contributed by atoms with Crippen LogP contribution in [0.15, 0.2) is 17.2 Å². The monoisotopic (exact) mass is 123 g/mol. The van der Waals surface area contributed by atoms with Gasteiger partial charge in [-0.2, -0.15) is 4.98 Å². The predicted octanol–water partition coefficient (Wildman–Crippen LogP) is 1.12. The summed E-state index contributed by atoms with van der Waals surface area (Å²) >= 11 is 0. The fourth-order valence-electron chi connectivity index (χ4n) is 0.488. The van der Waals surface area contributed by atoms with E-state index in [0.29, 0.717) is 11.7 Å². The van der Waals surface area contributed by atoms with Crippen LogP contribution in [0, 0.1) is 13.3 Å². The Morgan fingerprint density at radius 1 is 1.67 bits per heavy atom. The largest absolute Gasteiger partial charge is 0.340 e. The summed E-state index contributed by atoms with van der Waals surface area (Å²) in [6, 6.07) is 0. The Morgan fingerprint density at radius 3 is 2.89 bits per heavy atom.